The summed E-state index contributed by atoms with van der Waals surface area (Å²) in [5.41, 5.74) is 2.01. The van der Waals surface area contributed by atoms with E-state index in [-0.39, 0.29) is 18.1 Å². The number of nitrogens with one attached hydrogen (secondary N) is 1. The fraction of sp³-hybridized carbons (Fsp3) is 0.158. The van der Waals surface area contributed by atoms with E-state index in [4.69, 9.17) is 0 Å². The molecular weight excluding hydrogens is 366 g/mol. The summed E-state index contributed by atoms with van der Waals surface area (Å²) in [6, 6.07) is 15.2. The third-order valence-corrected chi connectivity index (χ3v) is 5.17. The van der Waals surface area contributed by atoms with Crippen LogP contribution in [0, 0.1) is 17.0 Å². The van der Waals surface area contributed by atoms with E-state index in [1.165, 1.54) is 35.6 Å². The zero-order chi connectivity index (χ0) is 19.4. The summed E-state index contributed by atoms with van der Waals surface area (Å²) in [5.74, 6) is -0.312. The normalized spacial score (nSPS) is 11.8. The SMILES string of the molecule is Cc1nc(-c2ccccc2)sc1C(=O)NC[C@H](O)c1ccc([N+](=O)[O-])cc1. The van der Waals surface area contributed by atoms with Gasteiger partial charge in [0.25, 0.3) is 11.6 Å². The first-order chi connectivity index (χ1) is 13.0. The highest BCUT2D eigenvalue weighted by atomic mass is 32.1. The van der Waals surface area contributed by atoms with E-state index in [2.05, 4.69) is 10.3 Å². The van der Waals surface area contributed by atoms with Gasteiger partial charge in [-0.15, -0.1) is 11.3 Å². The van der Waals surface area contributed by atoms with Crippen LogP contribution < -0.4 is 5.32 Å². The zero-order valence-corrected chi connectivity index (χ0v) is 15.3. The first kappa shape index (κ1) is 18.7. The number of aryl methyl sites for hydroxylation is 1. The molecule has 2 N–H and O–H groups in total. The Kier molecular flexibility index (Phi) is 5.58. The molecular formula is C19H17N3O4S. The summed E-state index contributed by atoms with van der Waals surface area (Å²) in [6.07, 6.45) is -0.962. The molecule has 27 heavy (non-hydrogen) atoms. The highest BCUT2D eigenvalue weighted by molar-refractivity contribution is 7.17. The summed E-state index contributed by atoms with van der Waals surface area (Å²) in [5, 5.41) is 24.3. The predicted octanol–water partition coefficient (Wildman–Crippen LogP) is 3.49. The van der Waals surface area contributed by atoms with Gasteiger partial charge in [0.2, 0.25) is 0 Å². The standard InChI is InChI=1S/C19H17N3O4S/c1-12-17(27-19(21-12)14-5-3-2-4-6-14)18(24)20-11-16(23)13-7-9-15(10-8-13)22(25)26/h2-10,16,23H,11H2,1H3,(H,20,24)/t16-/m0/s1. The molecule has 0 aliphatic carbocycles. The minimum absolute atomic E-state index is 0.00530. The van der Waals surface area contributed by atoms with Gasteiger partial charge in [0.05, 0.1) is 16.7 Å². The van der Waals surface area contributed by atoms with Gasteiger partial charge in [-0.05, 0) is 24.6 Å². The topological polar surface area (TPSA) is 105 Å². The van der Waals surface area contributed by atoms with Gasteiger partial charge in [0, 0.05) is 24.2 Å². The fourth-order valence-electron chi connectivity index (χ4n) is 2.52. The number of aliphatic hydroxyl groups excluding tert-OH is 1. The largest absolute Gasteiger partial charge is 0.387 e. The number of nitro groups is 1. The third-order valence-electron chi connectivity index (χ3n) is 3.97. The van der Waals surface area contributed by atoms with Crippen molar-refractivity contribution in [3.05, 3.63) is 80.8 Å². The number of carbonyl (C=O) groups is 1. The van der Waals surface area contributed by atoms with Crippen LogP contribution in [-0.2, 0) is 0 Å². The minimum atomic E-state index is -0.962. The second-order valence-electron chi connectivity index (χ2n) is 5.87. The van der Waals surface area contributed by atoms with Crippen molar-refractivity contribution in [3.63, 3.8) is 0 Å². The second-order valence-corrected chi connectivity index (χ2v) is 6.87. The van der Waals surface area contributed by atoms with E-state index in [0.29, 0.717) is 16.1 Å². The minimum Gasteiger partial charge on any atom is -0.387 e. The first-order valence-electron chi connectivity index (χ1n) is 8.19. The summed E-state index contributed by atoms with van der Waals surface area (Å²) >= 11 is 1.29. The Morgan fingerprint density at radius 1 is 1.22 bits per heavy atom. The summed E-state index contributed by atoms with van der Waals surface area (Å²) in [7, 11) is 0. The number of aromatic nitrogens is 1. The van der Waals surface area contributed by atoms with Crippen LogP contribution in [0.5, 0.6) is 0 Å². The number of rotatable bonds is 6. The number of aliphatic hydroxyl groups is 1. The van der Waals surface area contributed by atoms with Gasteiger partial charge < -0.3 is 10.4 Å². The van der Waals surface area contributed by atoms with Crippen molar-refractivity contribution in [1.29, 1.82) is 0 Å². The van der Waals surface area contributed by atoms with Crippen LogP contribution in [0.4, 0.5) is 5.69 Å². The molecule has 1 heterocycles. The van der Waals surface area contributed by atoms with Gasteiger partial charge in [-0.3, -0.25) is 14.9 Å². The Balaban J connectivity index is 1.65. The lowest BCUT2D eigenvalue weighted by Gasteiger charge is -2.11. The van der Waals surface area contributed by atoms with Crippen molar-refractivity contribution in [2.75, 3.05) is 6.54 Å². The van der Waals surface area contributed by atoms with Crippen molar-refractivity contribution < 1.29 is 14.8 Å². The van der Waals surface area contributed by atoms with Gasteiger partial charge in [-0.25, -0.2) is 4.98 Å². The number of hydrogen-bond donors (Lipinski definition) is 2. The number of carbonyl (C=O) groups excluding carboxylic acids is 1. The van der Waals surface area contributed by atoms with Gasteiger partial charge in [0.15, 0.2) is 0 Å². The maximum absolute atomic E-state index is 12.4. The quantitative estimate of drug-likeness (QED) is 0.501. The number of non-ortho nitro benzene ring substituents is 1. The highest BCUT2D eigenvalue weighted by Gasteiger charge is 2.18. The molecule has 1 atom stereocenters. The molecule has 0 saturated heterocycles. The van der Waals surface area contributed by atoms with Crippen molar-refractivity contribution in [2.45, 2.75) is 13.0 Å². The lowest BCUT2D eigenvalue weighted by molar-refractivity contribution is -0.384. The van der Waals surface area contributed by atoms with Crippen LogP contribution in [0.15, 0.2) is 54.6 Å². The lowest BCUT2D eigenvalue weighted by Crippen LogP contribution is -2.28. The van der Waals surface area contributed by atoms with Crippen molar-refractivity contribution in [2.24, 2.45) is 0 Å². The number of amides is 1. The average molecular weight is 383 g/mol. The van der Waals surface area contributed by atoms with E-state index in [1.807, 2.05) is 30.3 Å². The molecule has 0 fully saturated rings. The van der Waals surface area contributed by atoms with Crippen LogP contribution in [0.2, 0.25) is 0 Å². The van der Waals surface area contributed by atoms with Gasteiger partial charge in [-0.2, -0.15) is 0 Å². The molecule has 3 rings (SSSR count). The molecule has 1 amide bonds. The smallest absolute Gasteiger partial charge is 0.269 e. The van der Waals surface area contributed by atoms with E-state index in [1.54, 1.807) is 6.92 Å². The first-order valence-corrected chi connectivity index (χ1v) is 9.01. The van der Waals surface area contributed by atoms with Gasteiger partial charge in [-0.1, -0.05) is 30.3 Å². The van der Waals surface area contributed by atoms with Gasteiger partial charge in [0.1, 0.15) is 9.88 Å². The Labute approximate surface area is 159 Å². The molecule has 138 valence electrons. The Morgan fingerprint density at radius 2 is 1.89 bits per heavy atom. The van der Waals surface area contributed by atoms with Crippen molar-refractivity contribution in [1.82, 2.24) is 10.3 Å². The molecule has 0 radical (unpaired) electrons. The van der Waals surface area contributed by atoms with E-state index in [9.17, 15) is 20.0 Å². The van der Waals surface area contributed by atoms with Crippen LogP contribution in [0.25, 0.3) is 10.6 Å². The number of nitro benzene ring substituents is 1. The summed E-state index contributed by atoms with van der Waals surface area (Å²) in [6.45, 7) is 1.76. The molecule has 0 spiro atoms. The fourth-order valence-corrected chi connectivity index (χ4v) is 3.51. The molecule has 8 heteroatoms. The van der Waals surface area contributed by atoms with E-state index in [0.717, 1.165) is 10.6 Å². The lowest BCUT2D eigenvalue weighted by atomic mass is 10.1. The monoisotopic (exact) mass is 383 g/mol. The second kappa shape index (κ2) is 8.07. The highest BCUT2D eigenvalue weighted by Crippen LogP contribution is 2.27. The zero-order valence-electron chi connectivity index (χ0n) is 14.5. The number of benzene rings is 2. The molecule has 0 aliphatic rings. The molecule has 0 aliphatic heterocycles. The molecule has 1 aromatic heterocycles. The number of hydrogen-bond acceptors (Lipinski definition) is 6. The van der Waals surface area contributed by atoms with Crippen molar-refractivity contribution in [3.8, 4) is 10.6 Å². The average Bonchev–Trinajstić information content (AvgIpc) is 3.08. The van der Waals surface area contributed by atoms with Gasteiger partial charge >= 0.3 is 0 Å². The number of thiazole rings is 1. The van der Waals surface area contributed by atoms with Crippen LogP contribution >= 0.6 is 11.3 Å². The van der Waals surface area contributed by atoms with Crippen LogP contribution in [0.3, 0.4) is 0 Å². The predicted molar refractivity (Wildman–Crippen MR) is 103 cm³/mol. The molecule has 0 unspecified atom stereocenters. The van der Waals surface area contributed by atoms with E-state index < -0.39 is 11.0 Å². The van der Waals surface area contributed by atoms with Crippen LogP contribution in [0.1, 0.15) is 27.0 Å². The van der Waals surface area contributed by atoms with E-state index >= 15 is 0 Å². The Bertz CT molecular complexity index is 955. The molecule has 3 aromatic rings. The Morgan fingerprint density at radius 3 is 2.52 bits per heavy atom. The molecule has 7 nitrogen and oxygen atoms in total. The maximum Gasteiger partial charge on any atom is 0.269 e. The summed E-state index contributed by atoms with van der Waals surface area (Å²) in [4.78, 5) is 27.6. The molecule has 0 saturated carbocycles. The third kappa shape index (κ3) is 4.36. The Hall–Kier alpha value is -3.10. The van der Waals surface area contributed by atoms with Crippen LogP contribution in [-0.4, -0.2) is 27.5 Å². The maximum atomic E-state index is 12.4. The summed E-state index contributed by atoms with van der Waals surface area (Å²) < 4.78 is 0. The number of nitrogens with zero attached hydrogens (tertiary/aromatic N) is 2. The molecule has 2 aromatic carbocycles. The molecule has 0 bridgehead atoms. The van der Waals surface area contributed by atoms with Crippen molar-refractivity contribution >= 4 is 22.9 Å².